The van der Waals surface area contributed by atoms with Gasteiger partial charge in [0.15, 0.2) is 0 Å². The lowest BCUT2D eigenvalue weighted by atomic mass is 10.3. The van der Waals surface area contributed by atoms with Gasteiger partial charge in [-0.3, -0.25) is 4.79 Å². The summed E-state index contributed by atoms with van der Waals surface area (Å²) in [5.74, 6) is 0. The zero-order chi connectivity index (χ0) is 10.1. The second kappa shape index (κ2) is 7.71. The molecule has 0 radical (unpaired) electrons. The van der Waals surface area contributed by atoms with Crippen molar-refractivity contribution < 1.29 is 9.69 Å². The summed E-state index contributed by atoms with van der Waals surface area (Å²) in [6, 6.07) is 0. The number of carbonyl (C=O) groups excluding carboxylic acids is 1. The third-order valence-corrected chi connectivity index (χ3v) is 1.50. The topological polar surface area (TPSA) is 49.3 Å². The molecule has 1 atom stereocenters. The minimum Gasteiger partial charge on any atom is -0.367 e. The molecule has 1 unspecified atom stereocenters. The average Bonchev–Trinajstić information content (AvgIpc) is 2.14. The van der Waals surface area contributed by atoms with Gasteiger partial charge < -0.3 is 10.2 Å². The predicted molar refractivity (Wildman–Crippen MR) is 56.8 cm³/mol. The maximum absolute atomic E-state index is 10.8. The van der Waals surface area contributed by atoms with Crippen LogP contribution in [0.3, 0.4) is 0 Å². The summed E-state index contributed by atoms with van der Waals surface area (Å²) in [6.07, 6.45) is 9.01. The van der Waals surface area contributed by atoms with E-state index in [1.807, 2.05) is 32.1 Å². The molecule has 2 N–H and O–H groups in total. The summed E-state index contributed by atoms with van der Waals surface area (Å²) >= 11 is 0. The van der Waals surface area contributed by atoms with E-state index in [0.717, 1.165) is 0 Å². The van der Waals surface area contributed by atoms with Crippen LogP contribution in [0.25, 0.3) is 0 Å². The largest absolute Gasteiger partial charge is 0.367 e. The normalized spacial score (nSPS) is 13.6. The van der Waals surface area contributed by atoms with Crippen LogP contribution in [0.4, 0.5) is 4.79 Å². The number of allylic oxidation sites excluding steroid dienone is 5. The van der Waals surface area contributed by atoms with Gasteiger partial charge in [0.2, 0.25) is 0 Å². The first-order valence-electron chi connectivity index (χ1n) is 3.91. The first-order valence-corrected chi connectivity index (χ1v) is 4.86. The highest BCUT2D eigenvalue weighted by Crippen LogP contribution is 2.04. The maximum atomic E-state index is 10.8. The van der Waals surface area contributed by atoms with E-state index in [1.54, 1.807) is 12.2 Å². The Kier molecular flexibility index (Phi) is 7.17. The van der Waals surface area contributed by atoms with Gasteiger partial charge in [-0.2, -0.15) is 0 Å². The molecule has 0 aliphatic carbocycles. The van der Waals surface area contributed by atoms with Crippen LogP contribution in [0.5, 0.6) is 0 Å². The highest BCUT2D eigenvalue weighted by molar-refractivity contribution is 7.52. The Morgan fingerprint density at radius 3 is 2.54 bits per heavy atom. The number of rotatable bonds is 4. The van der Waals surface area contributed by atoms with Crippen LogP contribution < -0.4 is 5.32 Å². The molecule has 0 rings (SSSR count). The molecule has 0 aromatic heterocycles. The van der Waals surface area contributed by atoms with Crippen molar-refractivity contribution in [3.63, 3.8) is 0 Å². The van der Waals surface area contributed by atoms with Crippen molar-refractivity contribution in [3.8, 4) is 0 Å². The fourth-order valence-corrected chi connectivity index (χ4v) is 0.878. The van der Waals surface area contributed by atoms with E-state index in [2.05, 4.69) is 5.32 Å². The molecule has 3 nitrogen and oxygen atoms in total. The summed E-state index contributed by atoms with van der Waals surface area (Å²) in [6.45, 7) is 3.75. The van der Waals surface area contributed by atoms with Gasteiger partial charge in [-0.05, 0) is 26.0 Å². The molecule has 0 aromatic carbocycles. The van der Waals surface area contributed by atoms with Crippen LogP contribution in [0.2, 0.25) is 0 Å². The third-order valence-electron chi connectivity index (χ3n) is 1.17. The Hall–Kier alpha value is -0.920. The number of nitrogens with one attached hydrogen (secondary N) is 1. The average molecular weight is 199 g/mol. The molecule has 1 amide bonds. The van der Waals surface area contributed by atoms with Gasteiger partial charge in [0.25, 0.3) is 5.65 Å². The molecule has 0 aliphatic heterocycles. The summed E-state index contributed by atoms with van der Waals surface area (Å²) in [4.78, 5) is 19.3. The fourth-order valence-electron chi connectivity index (χ4n) is 0.677. The zero-order valence-corrected chi connectivity index (χ0v) is 8.74. The van der Waals surface area contributed by atoms with Crippen molar-refractivity contribution in [2.45, 2.75) is 13.8 Å². The summed E-state index contributed by atoms with van der Waals surface area (Å²) in [5, 5.41) is 2.55. The van der Waals surface area contributed by atoms with Crippen LogP contribution in [0.1, 0.15) is 13.8 Å². The number of hydrogen-bond acceptors (Lipinski definition) is 2. The Morgan fingerprint density at radius 2 is 2.08 bits per heavy atom. The second-order valence-corrected chi connectivity index (χ2v) is 2.89. The molecule has 0 saturated carbocycles. The lowest BCUT2D eigenvalue weighted by molar-refractivity contribution is 0.261. The quantitative estimate of drug-likeness (QED) is 0.539. The molecule has 4 heteroatoms. The number of carbonyl (C=O) groups is 1. The molecule has 0 bridgehead atoms. The van der Waals surface area contributed by atoms with E-state index in [9.17, 15) is 4.79 Å². The summed E-state index contributed by atoms with van der Waals surface area (Å²) in [5.41, 5.74) is 0.293. The van der Waals surface area contributed by atoms with Gasteiger partial charge in [-0.1, -0.05) is 18.2 Å². The van der Waals surface area contributed by atoms with Gasteiger partial charge in [-0.25, -0.2) is 0 Å². The first-order chi connectivity index (χ1) is 6.24. The molecule has 0 heterocycles. The number of hydrogen-bond donors (Lipinski definition) is 2. The van der Waals surface area contributed by atoms with E-state index in [0.29, 0.717) is 5.70 Å². The zero-order valence-electron chi connectivity index (χ0n) is 7.74. The maximum Gasteiger partial charge on any atom is 0.269 e. The van der Waals surface area contributed by atoms with Crippen molar-refractivity contribution in [2.75, 3.05) is 0 Å². The Labute approximate surface area is 80.1 Å². The van der Waals surface area contributed by atoms with E-state index < -0.39 is 8.81 Å². The van der Waals surface area contributed by atoms with E-state index in [4.69, 9.17) is 4.89 Å². The molecular weight excluding hydrogens is 185 g/mol. The van der Waals surface area contributed by atoms with Crippen molar-refractivity contribution in [1.29, 1.82) is 0 Å². The van der Waals surface area contributed by atoms with Crippen molar-refractivity contribution in [1.82, 2.24) is 5.32 Å². The second-order valence-electron chi connectivity index (χ2n) is 2.21. The molecular formula is C9H14NO2P. The SMILES string of the molecule is C\C=C/C=C(\C=C/C)NC(=O)PO. The fraction of sp³-hybridized carbons (Fsp3) is 0.222. The smallest absolute Gasteiger partial charge is 0.269 e. The Bertz CT molecular complexity index is 244. The van der Waals surface area contributed by atoms with Crippen LogP contribution in [-0.2, 0) is 0 Å². The highest BCUT2D eigenvalue weighted by Gasteiger charge is 1.98. The van der Waals surface area contributed by atoms with Crippen LogP contribution in [-0.4, -0.2) is 10.5 Å². The lowest BCUT2D eigenvalue weighted by Crippen LogP contribution is -2.15. The molecule has 13 heavy (non-hydrogen) atoms. The molecule has 72 valence electrons. The van der Waals surface area contributed by atoms with Gasteiger partial charge in [0.1, 0.15) is 8.81 Å². The van der Waals surface area contributed by atoms with Crippen LogP contribution >= 0.6 is 8.81 Å². The standard InChI is InChI=1S/C9H14NO2P/c1-3-5-7-8(6-4-2)10-9(11)13-12/h3-7,12-13H,1-2H3,(H,10,11)/b5-3-,6-4-,8-7+. The Morgan fingerprint density at radius 1 is 1.38 bits per heavy atom. The summed E-state index contributed by atoms with van der Waals surface area (Å²) < 4.78 is 0. The molecule has 0 fully saturated rings. The lowest BCUT2D eigenvalue weighted by Gasteiger charge is -2.01. The van der Waals surface area contributed by atoms with E-state index in [1.165, 1.54) is 0 Å². The first kappa shape index (κ1) is 12.1. The Balaban J connectivity index is 4.34. The highest BCUT2D eigenvalue weighted by atomic mass is 31.1. The monoisotopic (exact) mass is 199 g/mol. The van der Waals surface area contributed by atoms with Gasteiger partial charge in [-0.15, -0.1) is 0 Å². The molecule has 0 aliphatic rings. The predicted octanol–water partition coefficient (Wildman–Crippen LogP) is 2.32. The third kappa shape index (κ3) is 6.26. The van der Waals surface area contributed by atoms with Crippen LogP contribution in [0.15, 0.2) is 36.1 Å². The molecule has 0 saturated heterocycles. The van der Waals surface area contributed by atoms with Gasteiger partial charge in [0, 0.05) is 5.70 Å². The van der Waals surface area contributed by atoms with Gasteiger partial charge in [0.05, 0.1) is 0 Å². The summed E-state index contributed by atoms with van der Waals surface area (Å²) in [7, 11) is -0.715. The van der Waals surface area contributed by atoms with E-state index in [-0.39, 0.29) is 5.65 Å². The molecule has 0 spiro atoms. The minimum atomic E-state index is -0.715. The van der Waals surface area contributed by atoms with E-state index >= 15 is 0 Å². The number of amides is 1. The molecule has 0 aromatic rings. The van der Waals surface area contributed by atoms with Crippen molar-refractivity contribution in [2.24, 2.45) is 0 Å². The minimum absolute atomic E-state index is 0.381. The van der Waals surface area contributed by atoms with Gasteiger partial charge >= 0.3 is 0 Å². The van der Waals surface area contributed by atoms with Crippen molar-refractivity contribution in [3.05, 3.63) is 36.1 Å². The van der Waals surface area contributed by atoms with Crippen LogP contribution in [0, 0.1) is 0 Å². The van der Waals surface area contributed by atoms with Crippen molar-refractivity contribution >= 4 is 14.5 Å².